The van der Waals surface area contributed by atoms with E-state index in [0.717, 1.165) is 23.9 Å². The third-order valence-corrected chi connectivity index (χ3v) is 5.76. The maximum atomic E-state index is 12.5. The number of carboxylic acids is 1. The third kappa shape index (κ3) is 12.5. The molecule has 0 fully saturated rings. The van der Waals surface area contributed by atoms with Crippen LogP contribution in [0.4, 0.5) is 5.69 Å². The third-order valence-electron chi connectivity index (χ3n) is 4.45. The number of benzene rings is 1. The summed E-state index contributed by atoms with van der Waals surface area (Å²) in [6.45, 7) is 1.55. The van der Waals surface area contributed by atoms with Crippen LogP contribution in [0.15, 0.2) is 30.3 Å². The molecule has 1 aromatic rings. The molecule has 0 bridgehead atoms. The number of aliphatic carboxylic acids is 1. The molecule has 33 heavy (non-hydrogen) atoms. The monoisotopic (exact) mass is 481 g/mol. The van der Waals surface area contributed by atoms with Gasteiger partial charge in [-0.3, -0.25) is 19.2 Å². The molecule has 3 amide bonds. The van der Waals surface area contributed by atoms with E-state index in [1.807, 2.05) is 30.3 Å². The molecule has 1 rings (SSSR count). The van der Waals surface area contributed by atoms with Crippen LogP contribution in [0.3, 0.4) is 0 Å². The molecule has 0 heterocycles. The summed E-state index contributed by atoms with van der Waals surface area (Å²) in [5, 5.41) is 16.2. The van der Waals surface area contributed by atoms with E-state index >= 15 is 0 Å². The molecule has 0 aromatic heterocycles. The summed E-state index contributed by atoms with van der Waals surface area (Å²) >= 11 is 0.964. The van der Waals surface area contributed by atoms with E-state index in [2.05, 4.69) is 20.7 Å². The van der Waals surface area contributed by atoms with Gasteiger partial charge in [-0.2, -0.15) is 0 Å². The summed E-state index contributed by atoms with van der Waals surface area (Å²) < 4.78 is 4.62. The van der Waals surface area contributed by atoms with Crippen molar-refractivity contribution in [1.29, 1.82) is 0 Å². The van der Waals surface area contributed by atoms with Crippen molar-refractivity contribution in [1.82, 2.24) is 10.6 Å². The maximum absolute atomic E-state index is 12.5. The van der Waals surface area contributed by atoms with Gasteiger partial charge in [0.15, 0.2) is 0 Å². The number of hydrogen-bond acceptors (Lipinski definition) is 7. The van der Waals surface area contributed by atoms with Crippen molar-refractivity contribution in [3.8, 4) is 0 Å². The van der Waals surface area contributed by atoms with Crippen molar-refractivity contribution in [2.75, 3.05) is 24.7 Å². The standard InChI is InChI=1S/C22H31N3O7S/c1-15(26)24-17(22(30)31)14-33-18(13-20(28)32-2)21(29)23-12-8-4-7-11-19(27)25-16-9-5-3-6-10-16/h3,5-6,9-10,17-18H,4,7-8,11-14H2,1-2H3,(H,23,29)(H,24,26)(H,25,27)(H,30,31). The zero-order valence-corrected chi connectivity index (χ0v) is 19.6. The first-order valence-corrected chi connectivity index (χ1v) is 11.6. The number of para-hydroxylation sites is 1. The Bertz CT molecular complexity index is 804. The number of hydrogen-bond donors (Lipinski definition) is 4. The van der Waals surface area contributed by atoms with E-state index in [1.54, 1.807) is 0 Å². The second kappa shape index (κ2) is 15.7. The van der Waals surface area contributed by atoms with Gasteiger partial charge in [0, 0.05) is 31.3 Å². The second-order valence-corrected chi connectivity index (χ2v) is 8.45. The largest absolute Gasteiger partial charge is 0.480 e. The van der Waals surface area contributed by atoms with Gasteiger partial charge in [-0.1, -0.05) is 24.6 Å². The Hall–Kier alpha value is -3.08. The molecule has 1 aromatic carbocycles. The van der Waals surface area contributed by atoms with E-state index < -0.39 is 35.0 Å². The fourth-order valence-electron chi connectivity index (χ4n) is 2.75. The number of unbranched alkanes of at least 4 members (excludes halogenated alkanes) is 2. The lowest BCUT2D eigenvalue weighted by Gasteiger charge is -2.18. The zero-order valence-electron chi connectivity index (χ0n) is 18.8. The van der Waals surface area contributed by atoms with Crippen molar-refractivity contribution in [2.45, 2.75) is 50.3 Å². The van der Waals surface area contributed by atoms with Gasteiger partial charge in [0.25, 0.3) is 0 Å². The van der Waals surface area contributed by atoms with Gasteiger partial charge in [0.1, 0.15) is 6.04 Å². The van der Waals surface area contributed by atoms with Gasteiger partial charge in [0.05, 0.1) is 18.8 Å². The van der Waals surface area contributed by atoms with Crippen LogP contribution in [0.5, 0.6) is 0 Å². The number of amides is 3. The van der Waals surface area contributed by atoms with E-state index in [-0.39, 0.29) is 18.1 Å². The van der Waals surface area contributed by atoms with Crippen LogP contribution in [-0.4, -0.2) is 65.5 Å². The van der Waals surface area contributed by atoms with Crippen LogP contribution >= 0.6 is 11.8 Å². The van der Waals surface area contributed by atoms with Crippen LogP contribution in [-0.2, 0) is 28.7 Å². The lowest BCUT2D eigenvalue weighted by atomic mass is 10.2. The molecule has 0 spiro atoms. The smallest absolute Gasteiger partial charge is 0.327 e. The van der Waals surface area contributed by atoms with Crippen molar-refractivity contribution in [3.63, 3.8) is 0 Å². The first-order valence-electron chi connectivity index (χ1n) is 10.5. The lowest BCUT2D eigenvalue weighted by molar-refractivity contribution is -0.141. The van der Waals surface area contributed by atoms with Gasteiger partial charge < -0.3 is 25.8 Å². The second-order valence-electron chi connectivity index (χ2n) is 7.21. The van der Waals surface area contributed by atoms with E-state index in [4.69, 9.17) is 0 Å². The highest BCUT2D eigenvalue weighted by Gasteiger charge is 2.26. The van der Waals surface area contributed by atoms with Gasteiger partial charge in [-0.05, 0) is 25.0 Å². The molecule has 0 aliphatic heterocycles. The minimum atomic E-state index is -1.23. The predicted octanol–water partition coefficient (Wildman–Crippen LogP) is 1.56. The molecule has 10 nitrogen and oxygen atoms in total. The highest BCUT2D eigenvalue weighted by molar-refractivity contribution is 8.00. The molecular formula is C22H31N3O7S. The van der Waals surface area contributed by atoms with E-state index in [0.29, 0.717) is 25.8 Å². The summed E-state index contributed by atoms with van der Waals surface area (Å²) in [5.74, 6) is -2.91. The summed E-state index contributed by atoms with van der Waals surface area (Å²) in [7, 11) is 1.20. The summed E-state index contributed by atoms with van der Waals surface area (Å²) in [5.41, 5.74) is 0.743. The number of anilines is 1. The molecule has 0 saturated carbocycles. The minimum absolute atomic E-state index is 0.0769. The molecule has 0 radical (unpaired) electrons. The van der Waals surface area contributed by atoms with E-state index in [1.165, 1.54) is 14.0 Å². The Morgan fingerprint density at radius 3 is 2.36 bits per heavy atom. The van der Waals surface area contributed by atoms with Crippen molar-refractivity contribution in [2.24, 2.45) is 0 Å². The molecule has 11 heteroatoms. The lowest BCUT2D eigenvalue weighted by Crippen LogP contribution is -2.43. The number of ether oxygens (including phenoxy) is 1. The number of esters is 1. The SMILES string of the molecule is COC(=O)CC(SCC(NC(C)=O)C(=O)O)C(=O)NCCCCCC(=O)Nc1ccccc1. The Morgan fingerprint density at radius 1 is 1.06 bits per heavy atom. The van der Waals surface area contributed by atoms with Crippen LogP contribution in [0.1, 0.15) is 39.0 Å². The molecule has 182 valence electrons. The van der Waals surface area contributed by atoms with Gasteiger partial charge in [-0.25, -0.2) is 4.79 Å². The van der Waals surface area contributed by atoms with Crippen molar-refractivity contribution in [3.05, 3.63) is 30.3 Å². The predicted molar refractivity (Wildman–Crippen MR) is 125 cm³/mol. The van der Waals surface area contributed by atoms with Crippen molar-refractivity contribution < 1.29 is 33.8 Å². The fourth-order valence-corrected chi connectivity index (χ4v) is 3.89. The molecule has 0 saturated heterocycles. The Labute approximate surface area is 197 Å². The van der Waals surface area contributed by atoms with Crippen LogP contribution in [0, 0.1) is 0 Å². The summed E-state index contributed by atoms with van der Waals surface area (Å²) in [6, 6.07) is 7.99. The number of thioether (sulfide) groups is 1. The average Bonchev–Trinajstić information content (AvgIpc) is 2.77. The van der Waals surface area contributed by atoms with Crippen LogP contribution < -0.4 is 16.0 Å². The fraction of sp³-hybridized carbons (Fsp3) is 0.500. The highest BCUT2D eigenvalue weighted by atomic mass is 32.2. The number of carboxylic acid groups (broad SMARTS) is 1. The van der Waals surface area contributed by atoms with Crippen LogP contribution in [0.2, 0.25) is 0 Å². The Morgan fingerprint density at radius 2 is 1.76 bits per heavy atom. The molecular weight excluding hydrogens is 450 g/mol. The van der Waals surface area contributed by atoms with Crippen molar-refractivity contribution >= 4 is 47.1 Å². The number of carbonyl (C=O) groups is 5. The quantitative estimate of drug-likeness (QED) is 0.218. The topological polar surface area (TPSA) is 151 Å². The van der Waals surface area contributed by atoms with E-state index in [9.17, 15) is 29.1 Å². The number of methoxy groups -OCH3 is 1. The summed E-state index contributed by atoms with van der Waals surface area (Å²) in [4.78, 5) is 58.5. The Balaban J connectivity index is 2.39. The number of nitrogens with one attached hydrogen (secondary N) is 3. The highest BCUT2D eigenvalue weighted by Crippen LogP contribution is 2.17. The van der Waals surface area contributed by atoms with Gasteiger partial charge in [0.2, 0.25) is 17.7 Å². The molecule has 4 N–H and O–H groups in total. The first kappa shape index (κ1) is 28.0. The molecule has 0 aliphatic carbocycles. The number of rotatable bonds is 15. The average molecular weight is 482 g/mol. The van der Waals surface area contributed by atoms with Gasteiger partial charge in [-0.15, -0.1) is 11.8 Å². The Kier molecular flexibility index (Phi) is 13.3. The molecule has 2 atom stereocenters. The maximum Gasteiger partial charge on any atom is 0.327 e. The molecule has 0 aliphatic rings. The molecule has 2 unspecified atom stereocenters. The zero-order chi connectivity index (χ0) is 24.6. The number of carbonyl (C=O) groups excluding carboxylic acids is 4. The first-order chi connectivity index (χ1) is 15.7. The normalized spacial score (nSPS) is 12.2. The van der Waals surface area contributed by atoms with Crippen LogP contribution in [0.25, 0.3) is 0 Å². The minimum Gasteiger partial charge on any atom is -0.480 e. The van der Waals surface area contributed by atoms with Gasteiger partial charge >= 0.3 is 11.9 Å². The summed E-state index contributed by atoms with van der Waals surface area (Å²) in [6.07, 6.45) is 2.17.